The van der Waals surface area contributed by atoms with Gasteiger partial charge in [-0.2, -0.15) is 9.97 Å². The van der Waals surface area contributed by atoms with Crippen molar-refractivity contribution < 1.29 is 19.4 Å². The van der Waals surface area contributed by atoms with Crippen molar-refractivity contribution in [2.45, 2.75) is 44.2 Å². The lowest BCUT2D eigenvalue weighted by atomic mass is 9.97. The van der Waals surface area contributed by atoms with Gasteiger partial charge in [-0.15, -0.1) is 0 Å². The second-order valence-electron chi connectivity index (χ2n) is 12.5. The molecule has 0 aliphatic carbocycles. The van der Waals surface area contributed by atoms with Gasteiger partial charge in [0, 0.05) is 37.1 Å². The first kappa shape index (κ1) is 28.3. The Bertz CT molecular complexity index is 1740. The molecule has 3 atom stereocenters. The maximum atomic E-state index is 12.8. The summed E-state index contributed by atoms with van der Waals surface area (Å²) in [5.74, 6) is 0.598. The average molecular weight is 595 g/mol. The minimum absolute atomic E-state index is 0.0564. The van der Waals surface area contributed by atoms with Gasteiger partial charge >= 0.3 is 6.01 Å². The van der Waals surface area contributed by atoms with Crippen LogP contribution in [0, 0.1) is 5.92 Å². The fourth-order valence-electron chi connectivity index (χ4n) is 7.26. The summed E-state index contributed by atoms with van der Waals surface area (Å²) in [5, 5.41) is 13.4. The van der Waals surface area contributed by atoms with Crippen LogP contribution in [0.15, 0.2) is 54.6 Å². The number of likely N-dealkylation sites (N-methyl/N-ethyl adjacent to an activating group) is 1. The van der Waals surface area contributed by atoms with Crippen LogP contribution in [0.1, 0.15) is 32.1 Å². The molecule has 0 saturated carbocycles. The van der Waals surface area contributed by atoms with Gasteiger partial charge in [-0.05, 0) is 91.4 Å². The molecule has 4 heterocycles. The third-order valence-corrected chi connectivity index (χ3v) is 9.58. The van der Waals surface area contributed by atoms with E-state index in [1.807, 2.05) is 24.3 Å². The maximum absolute atomic E-state index is 12.8. The normalized spacial score (nSPS) is 22.1. The molecule has 44 heavy (non-hydrogen) atoms. The molecule has 10 heteroatoms. The first-order chi connectivity index (χ1) is 21.3. The summed E-state index contributed by atoms with van der Waals surface area (Å²) in [6, 6.07) is 18.5. The monoisotopic (exact) mass is 594 g/mol. The van der Waals surface area contributed by atoms with E-state index in [1.54, 1.807) is 17.0 Å². The summed E-state index contributed by atoms with van der Waals surface area (Å²) in [5.41, 5.74) is 7.97. The SMILES string of the molecule is CN1CCC[C@H]1COc1nc(N2CC3CCN(C(=O)CC(N)=O)CC2C3)c2ccc(-c3cc(O)cc4ccccc34)cc2n1. The van der Waals surface area contributed by atoms with Crippen LogP contribution in [0.3, 0.4) is 0 Å². The van der Waals surface area contributed by atoms with E-state index < -0.39 is 5.91 Å². The van der Waals surface area contributed by atoms with Crippen molar-refractivity contribution in [3.8, 4) is 22.9 Å². The van der Waals surface area contributed by atoms with Gasteiger partial charge < -0.3 is 30.3 Å². The molecule has 4 aromatic rings. The number of phenolic OH excluding ortho intramolecular Hbond substituents is 1. The number of likely N-dealkylation sites (tertiary alicyclic amines) is 2. The number of hydrogen-bond donors (Lipinski definition) is 2. The number of phenols is 1. The van der Waals surface area contributed by atoms with Gasteiger partial charge in [0.05, 0.1) is 5.52 Å². The summed E-state index contributed by atoms with van der Waals surface area (Å²) in [6.45, 7) is 3.56. The first-order valence-corrected chi connectivity index (χ1v) is 15.5. The van der Waals surface area contributed by atoms with E-state index in [2.05, 4.69) is 35.0 Å². The molecule has 228 valence electrons. The largest absolute Gasteiger partial charge is 0.508 e. The van der Waals surface area contributed by atoms with E-state index >= 15 is 0 Å². The van der Waals surface area contributed by atoms with Gasteiger partial charge in [0.1, 0.15) is 24.6 Å². The number of carbonyl (C=O) groups is 2. The minimum Gasteiger partial charge on any atom is -0.508 e. The van der Waals surface area contributed by atoms with Gasteiger partial charge in [-0.3, -0.25) is 9.59 Å². The number of anilines is 1. The fraction of sp³-hybridized carbons (Fsp3) is 0.412. The number of amides is 2. The first-order valence-electron chi connectivity index (χ1n) is 15.5. The molecule has 0 radical (unpaired) electrons. The number of rotatable bonds is 7. The summed E-state index contributed by atoms with van der Waals surface area (Å²) in [7, 11) is 2.12. The molecule has 3 aliphatic rings. The Labute approximate surface area is 256 Å². The minimum atomic E-state index is -0.604. The van der Waals surface area contributed by atoms with Crippen LogP contribution in [0.25, 0.3) is 32.8 Å². The van der Waals surface area contributed by atoms with Crippen LogP contribution in [0.4, 0.5) is 5.82 Å². The van der Waals surface area contributed by atoms with Crippen molar-refractivity contribution in [1.82, 2.24) is 19.8 Å². The molecule has 3 fully saturated rings. The zero-order chi connectivity index (χ0) is 30.4. The van der Waals surface area contributed by atoms with Crippen molar-refractivity contribution in [2.75, 3.05) is 44.7 Å². The van der Waals surface area contributed by atoms with Crippen LogP contribution < -0.4 is 15.4 Å². The summed E-state index contributed by atoms with van der Waals surface area (Å²) in [4.78, 5) is 40.6. The number of aromatic hydroxyl groups is 1. The quantitative estimate of drug-likeness (QED) is 0.309. The number of primary amides is 1. The Morgan fingerprint density at radius 2 is 1.89 bits per heavy atom. The van der Waals surface area contributed by atoms with E-state index in [1.165, 1.54) is 0 Å². The summed E-state index contributed by atoms with van der Waals surface area (Å²) >= 11 is 0. The van der Waals surface area contributed by atoms with Crippen molar-refractivity contribution in [3.05, 3.63) is 54.6 Å². The van der Waals surface area contributed by atoms with Crippen molar-refractivity contribution >= 4 is 39.3 Å². The number of nitrogens with zero attached hydrogens (tertiary/aromatic N) is 5. The maximum Gasteiger partial charge on any atom is 0.319 e. The average Bonchev–Trinajstić information content (AvgIpc) is 3.53. The van der Waals surface area contributed by atoms with E-state index in [-0.39, 0.29) is 24.1 Å². The van der Waals surface area contributed by atoms with Crippen molar-refractivity contribution in [1.29, 1.82) is 0 Å². The molecule has 3 aliphatic heterocycles. The lowest BCUT2D eigenvalue weighted by Crippen LogP contribution is -2.45. The van der Waals surface area contributed by atoms with Crippen LogP contribution in [-0.2, 0) is 9.59 Å². The molecule has 3 N–H and O–H groups in total. The second-order valence-corrected chi connectivity index (χ2v) is 12.5. The topological polar surface area (TPSA) is 125 Å². The highest BCUT2D eigenvalue weighted by molar-refractivity contribution is 6.01. The van der Waals surface area contributed by atoms with Gasteiger partial charge in [0.2, 0.25) is 11.8 Å². The van der Waals surface area contributed by atoms with Gasteiger partial charge in [0.15, 0.2) is 0 Å². The lowest BCUT2D eigenvalue weighted by molar-refractivity contribution is -0.135. The smallest absolute Gasteiger partial charge is 0.319 e. The van der Waals surface area contributed by atoms with E-state index in [0.29, 0.717) is 37.7 Å². The third-order valence-electron chi connectivity index (χ3n) is 9.58. The van der Waals surface area contributed by atoms with Crippen LogP contribution in [0.5, 0.6) is 11.8 Å². The fourth-order valence-corrected chi connectivity index (χ4v) is 7.26. The Kier molecular flexibility index (Phi) is 7.45. The highest BCUT2D eigenvalue weighted by Crippen LogP contribution is 2.39. The highest BCUT2D eigenvalue weighted by Gasteiger charge is 2.39. The molecule has 3 aromatic carbocycles. The summed E-state index contributed by atoms with van der Waals surface area (Å²) < 4.78 is 6.30. The predicted molar refractivity (Wildman–Crippen MR) is 170 cm³/mol. The van der Waals surface area contributed by atoms with Gasteiger partial charge in [-0.1, -0.05) is 30.3 Å². The number of fused-ring (bicyclic) bond motifs is 4. The summed E-state index contributed by atoms with van der Waals surface area (Å²) in [6.07, 6.45) is 3.77. The molecule has 0 spiro atoms. The second kappa shape index (κ2) is 11.6. The van der Waals surface area contributed by atoms with E-state index in [4.69, 9.17) is 20.4 Å². The Hall–Kier alpha value is -4.44. The molecule has 2 amide bonds. The molecule has 2 bridgehead atoms. The van der Waals surface area contributed by atoms with Crippen LogP contribution in [-0.4, -0.2) is 88.6 Å². The molecule has 10 nitrogen and oxygen atoms in total. The third kappa shape index (κ3) is 5.50. The number of carbonyl (C=O) groups excluding carboxylic acids is 2. The van der Waals surface area contributed by atoms with E-state index in [0.717, 1.165) is 77.4 Å². The van der Waals surface area contributed by atoms with Crippen LogP contribution >= 0.6 is 0 Å². The van der Waals surface area contributed by atoms with E-state index in [9.17, 15) is 14.7 Å². The Morgan fingerprint density at radius 1 is 1.02 bits per heavy atom. The number of aromatic nitrogens is 2. The highest BCUT2D eigenvalue weighted by atomic mass is 16.5. The zero-order valence-corrected chi connectivity index (χ0v) is 25.0. The molecule has 7 rings (SSSR count). The zero-order valence-electron chi connectivity index (χ0n) is 25.0. The molecule has 1 aromatic heterocycles. The molecular formula is C34H38N6O4. The van der Waals surface area contributed by atoms with Crippen molar-refractivity contribution in [3.63, 3.8) is 0 Å². The molecule has 2 unspecified atom stereocenters. The number of hydrogen-bond acceptors (Lipinski definition) is 8. The Balaban J connectivity index is 1.28. The van der Waals surface area contributed by atoms with Crippen molar-refractivity contribution in [2.24, 2.45) is 11.7 Å². The number of nitrogens with two attached hydrogens (primary N) is 1. The number of ether oxygens (including phenoxy) is 1. The number of benzene rings is 3. The van der Waals surface area contributed by atoms with Gasteiger partial charge in [-0.25, -0.2) is 0 Å². The molecule has 3 saturated heterocycles. The van der Waals surface area contributed by atoms with Crippen LogP contribution in [0.2, 0.25) is 0 Å². The molecular weight excluding hydrogens is 556 g/mol. The predicted octanol–water partition coefficient (Wildman–Crippen LogP) is 3.93. The lowest BCUT2D eigenvalue weighted by Gasteiger charge is -2.33. The van der Waals surface area contributed by atoms with Gasteiger partial charge in [0.25, 0.3) is 0 Å². The Morgan fingerprint density at radius 3 is 2.70 bits per heavy atom. The standard InChI is InChI=1S/C34H38N6O4/c1-38-11-4-6-24(38)20-44-34-36-30-15-23(29-16-26(41)14-22-5-2-3-7-27(22)29)8-9-28(30)33(37-34)40-18-21-10-12-39(19-25(40)13-21)32(43)17-31(35)42/h2-3,5,7-9,14-16,21,24-25,41H,4,6,10-13,17-20H2,1H3,(H2,35,42)/t21?,24-,25?/m0/s1.